The van der Waals surface area contributed by atoms with Gasteiger partial charge in [-0.1, -0.05) is 12.1 Å². The van der Waals surface area contributed by atoms with Gasteiger partial charge < -0.3 is 14.6 Å². The lowest BCUT2D eigenvalue weighted by Crippen LogP contribution is -2.14. The van der Waals surface area contributed by atoms with Gasteiger partial charge in [-0.2, -0.15) is 0 Å². The van der Waals surface area contributed by atoms with Gasteiger partial charge >= 0.3 is 5.97 Å². The van der Waals surface area contributed by atoms with Gasteiger partial charge in [-0.15, -0.1) is 0 Å². The van der Waals surface area contributed by atoms with Crippen LogP contribution in [-0.2, 0) is 9.53 Å². The Kier molecular flexibility index (Phi) is 3.68. The molecule has 4 heteroatoms. The molecule has 0 amide bonds. The van der Waals surface area contributed by atoms with Crippen LogP contribution in [0.25, 0.3) is 0 Å². The Morgan fingerprint density at radius 1 is 1.40 bits per heavy atom. The van der Waals surface area contributed by atoms with Crippen molar-refractivity contribution in [1.29, 1.82) is 0 Å². The molecule has 0 fully saturated rings. The molecule has 1 rings (SSSR count). The van der Waals surface area contributed by atoms with Gasteiger partial charge in [0.1, 0.15) is 5.75 Å². The second-order valence-electron chi connectivity index (χ2n) is 3.20. The summed E-state index contributed by atoms with van der Waals surface area (Å²) in [6, 6.07) is 5.31. The van der Waals surface area contributed by atoms with E-state index < -0.39 is 12.1 Å². The number of aliphatic carboxylic acids is 1. The van der Waals surface area contributed by atoms with Gasteiger partial charge in [0.15, 0.2) is 6.10 Å². The predicted molar refractivity (Wildman–Crippen MR) is 55.1 cm³/mol. The molecule has 0 aliphatic rings. The Morgan fingerprint density at radius 3 is 2.53 bits per heavy atom. The molecule has 0 aromatic heterocycles. The molecule has 0 saturated carbocycles. The number of carboxylic acids is 1. The standard InChI is InChI=1S/C11H14O4/c1-7-4-5-8(9(6-7)14-2)10(15-3)11(12)13/h4-6,10H,1-3H3,(H,12,13). The molecule has 1 aromatic carbocycles. The fourth-order valence-electron chi connectivity index (χ4n) is 1.40. The first-order valence-electron chi connectivity index (χ1n) is 4.50. The summed E-state index contributed by atoms with van der Waals surface area (Å²) in [5.74, 6) is -0.496. The maximum atomic E-state index is 10.9. The molecular formula is C11H14O4. The van der Waals surface area contributed by atoms with Gasteiger partial charge in [0.05, 0.1) is 7.11 Å². The van der Waals surface area contributed by atoms with Gasteiger partial charge in [0.2, 0.25) is 0 Å². The smallest absolute Gasteiger partial charge is 0.337 e. The van der Waals surface area contributed by atoms with Crippen molar-refractivity contribution in [2.24, 2.45) is 0 Å². The molecule has 1 N–H and O–H groups in total. The Balaban J connectivity index is 3.16. The van der Waals surface area contributed by atoms with Crippen molar-refractivity contribution >= 4 is 5.97 Å². The van der Waals surface area contributed by atoms with Crippen molar-refractivity contribution in [3.05, 3.63) is 29.3 Å². The monoisotopic (exact) mass is 210 g/mol. The first kappa shape index (κ1) is 11.5. The zero-order valence-corrected chi connectivity index (χ0v) is 8.98. The number of carboxylic acid groups (broad SMARTS) is 1. The Hall–Kier alpha value is -1.55. The fourth-order valence-corrected chi connectivity index (χ4v) is 1.40. The van der Waals surface area contributed by atoms with E-state index in [-0.39, 0.29) is 0 Å². The Morgan fingerprint density at radius 2 is 2.07 bits per heavy atom. The average Bonchev–Trinajstić information content (AvgIpc) is 2.20. The highest BCUT2D eigenvalue weighted by Crippen LogP contribution is 2.28. The highest BCUT2D eigenvalue weighted by Gasteiger charge is 2.22. The predicted octanol–water partition coefficient (Wildman–Crippen LogP) is 1.78. The van der Waals surface area contributed by atoms with Crippen molar-refractivity contribution in [2.75, 3.05) is 14.2 Å². The topological polar surface area (TPSA) is 55.8 Å². The zero-order valence-electron chi connectivity index (χ0n) is 8.98. The molecule has 82 valence electrons. The minimum Gasteiger partial charge on any atom is -0.496 e. The second kappa shape index (κ2) is 4.79. The van der Waals surface area contributed by atoms with Crippen LogP contribution in [0.3, 0.4) is 0 Å². The van der Waals surface area contributed by atoms with Gasteiger partial charge in [0.25, 0.3) is 0 Å². The van der Waals surface area contributed by atoms with Crippen LogP contribution < -0.4 is 4.74 Å². The van der Waals surface area contributed by atoms with Crippen molar-refractivity contribution < 1.29 is 19.4 Å². The number of carbonyl (C=O) groups is 1. The maximum Gasteiger partial charge on any atom is 0.337 e. The number of rotatable bonds is 4. The summed E-state index contributed by atoms with van der Waals surface area (Å²) in [7, 11) is 2.87. The van der Waals surface area contributed by atoms with Crippen LogP contribution >= 0.6 is 0 Å². The van der Waals surface area contributed by atoms with Gasteiger partial charge in [-0.25, -0.2) is 4.79 Å². The van der Waals surface area contributed by atoms with Gasteiger partial charge in [0, 0.05) is 12.7 Å². The molecule has 0 saturated heterocycles. The second-order valence-corrected chi connectivity index (χ2v) is 3.20. The van der Waals surface area contributed by atoms with Crippen LogP contribution in [0, 0.1) is 6.92 Å². The molecule has 0 radical (unpaired) electrons. The molecule has 4 nitrogen and oxygen atoms in total. The number of methoxy groups -OCH3 is 2. The summed E-state index contributed by atoms with van der Waals surface area (Å²) >= 11 is 0. The molecule has 0 heterocycles. The Bertz CT molecular complexity index is 360. The summed E-state index contributed by atoms with van der Waals surface area (Å²) in [6.07, 6.45) is -0.986. The van der Waals surface area contributed by atoms with E-state index in [1.807, 2.05) is 13.0 Å². The number of aryl methyl sites for hydroxylation is 1. The normalized spacial score (nSPS) is 12.2. The van der Waals surface area contributed by atoms with Crippen LogP contribution in [0.1, 0.15) is 17.2 Å². The van der Waals surface area contributed by atoms with Gasteiger partial charge in [-0.3, -0.25) is 0 Å². The molecule has 15 heavy (non-hydrogen) atoms. The van der Waals surface area contributed by atoms with Crippen LogP contribution in [0.4, 0.5) is 0 Å². The minimum atomic E-state index is -1.03. The van der Waals surface area contributed by atoms with Crippen LogP contribution in [0.2, 0.25) is 0 Å². The SMILES string of the molecule is COc1cc(C)ccc1C(OC)C(=O)O. The van der Waals surface area contributed by atoms with E-state index in [0.717, 1.165) is 5.56 Å². The van der Waals surface area contributed by atoms with Crippen molar-refractivity contribution in [1.82, 2.24) is 0 Å². The first-order chi connectivity index (χ1) is 7.10. The molecule has 1 unspecified atom stereocenters. The zero-order chi connectivity index (χ0) is 11.4. The molecule has 0 aliphatic heterocycles. The molecule has 1 atom stereocenters. The highest BCUT2D eigenvalue weighted by molar-refractivity contribution is 5.75. The molecule has 1 aromatic rings. The Labute approximate surface area is 88.4 Å². The van der Waals surface area contributed by atoms with Crippen LogP contribution in [0.15, 0.2) is 18.2 Å². The highest BCUT2D eigenvalue weighted by atomic mass is 16.5. The first-order valence-corrected chi connectivity index (χ1v) is 4.50. The number of hydrogen-bond donors (Lipinski definition) is 1. The van der Waals surface area contributed by atoms with E-state index in [0.29, 0.717) is 11.3 Å². The van der Waals surface area contributed by atoms with Gasteiger partial charge in [-0.05, 0) is 18.6 Å². The summed E-state index contributed by atoms with van der Waals surface area (Å²) in [4.78, 5) is 10.9. The molecule has 0 spiro atoms. The van der Waals surface area contributed by atoms with Crippen molar-refractivity contribution in [2.45, 2.75) is 13.0 Å². The molecule has 0 bridgehead atoms. The lowest BCUT2D eigenvalue weighted by Gasteiger charge is -2.14. The fraction of sp³-hybridized carbons (Fsp3) is 0.364. The maximum absolute atomic E-state index is 10.9. The number of hydrogen-bond acceptors (Lipinski definition) is 3. The van der Waals surface area contributed by atoms with Crippen LogP contribution in [0.5, 0.6) is 5.75 Å². The summed E-state index contributed by atoms with van der Waals surface area (Å²) in [5, 5.41) is 8.94. The van der Waals surface area contributed by atoms with E-state index >= 15 is 0 Å². The van der Waals surface area contributed by atoms with Crippen molar-refractivity contribution in [3.63, 3.8) is 0 Å². The average molecular weight is 210 g/mol. The van der Waals surface area contributed by atoms with E-state index in [1.165, 1.54) is 14.2 Å². The lowest BCUT2D eigenvalue weighted by atomic mass is 10.1. The molecule has 0 aliphatic carbocycles. The minimum absolute atomic E-state index is 0.526. The lowest BCUT2D eigenvalue weighted by molar-refractivity contribution is -0.149. The third kappa shape index (κ3) is 2.47. The summed E-state index contributed by atoms with van der Waals surface area (Å²) < 4.78 is 10.0. The summed E-state index contributed by atoms with van der Waals surface area (Å²) in [5.41, 5.74) is 1.54. The van der Waals surface area contributed by atoms with Crippen molar-refractivity contribution in [3.8, 4) is 5.75 Å². The van der Waals surface area contributed by atoms with Crippen LogP contribution in [-0.4, -0.2) is 25.3 Å². The van der Waals surface area contributed by atoms with E-state index in [1.54, 1.807) is 12.1 Å². The third-order valence-corrected chi connectivity index (χ3v) is 2.13. The number of ether oxygens (including phenoxy) is 2. The summed E-state index contributed by atoms with van der Waals surface area (Å²) in [6.45, 7) is 1.91. The van der Waals surface area contributed by atoms with E-state index in [9.17, 15) is 4.79 Å². The third-order valence-electron chi connectivity index (χ3n) is 2.13. The van der Waals surface area contributed by atoms with E-state index in [4.69, 9.17) is 14.6 Å². The van der Waals surface area contributed by atoms with E-state index in [2.05, 4.69) is 0 Å². The largest absolute Gasteiger partial charge is 0.496 e. The quantitative estimate of drug-likeness (QED) is 0.822. The number of benzene rings is 1. The molecular weight excluding hydrogens is 196 g/mol.